The zero-order valence-corrected chi connectivity index (χ0v) is 14.1. The summed E-state index contributed by atoms with van der Waals surface area (Å²) in [6.45, 7) is 1.80. The summed E-state index contributed by atoms with van der Waals surface area (Å²) in [6.07, 6.45) is 4.93. The van der Waals surface area contributed by atoms with Crippen LogP contribution in [0.2, 0.25) is 0 Å². The van der Waals surface area contributed by atoms with Gasteiger partial charge in [-0.25, -0.2) is 14.5 Å². The second-order valence-corrected chi connectivity index (χ2v) is 6.59. The minimum absolute atomic E-state index is 0.0875. The van der Waals surface area contributed by atoms with Crippen molar-refractivity contribution in [1.82, 2.24) is 24.6 Å². The average molecular weight is 336 g/mol. The third-order valence-corrected chi connectivity index (χ3v) is 4.34. The van der Waals surface area contributed by atoms with E-state index in [9.17, 15) is 9.59 Å². The minimum atomic E-state index is -0.208. The summed E-state index contributed by atoms with van der Waals surface area (Å²) < 4.78 is 6.93. The van der Waals surface area contributed by atoms with Gasteiger partial charge in [0.15, 0.2) is 0 Å². The van der Waals surface area contributed by atoms with Gasteiger partial charge in [0.2, 0.25) is 11.9 Å². The van der Waals surface area contributed by atoms with Crippen molar-refractivity contribution in [3.8, 4) is 0 Å². The smallest absolute Gasteiger partial charge is 0.324 e. The van der Waals surface area contributed by atoms with E-state index < -0.39 is 0 Å². The van der Waals surface area contributed by atoms with Crippen LogP contribution in [0.5, 0.6) is 0 Å². The average Bonchev–Trinajstić information content (AvgIpc) is 3.26. The Kier molecular flexibility index (Phi) is 4.98. The number of nitrogens with zero attached hydrogens (tertiary/aromatic N) is 5. The molecule has 1 unspecified atom stereocenters. The summed E-state index contributed by atoms with van der Waals surface area (Å²) in [5, 5.41) is 6.86. The van der Waals surface area contributed by atoms with Crippen molar-refractivity contribution < 1.29 is 14.3 Å². The van der Waals surface area contributed by atoms with E-state index in [1.165, 1.54) is 28.8 Å². The van der Waals surface area contributed by atoms with Gasteiger partial charge < -0.3 is 14.5 Å². The van der Waals surface area contributed by atoms with E-state index in [4.69, 9.17) is 4.74 Å². The van der Waals surface area contributed by atoms with Crippen LogP contribution < -0.4 is 5.32 Å². The lowest BCUT2D eigenvalue weighted by molar-refractivity contribution is -0.129. The van der Waals surface area contributed by atoms with Crippen molar-refractivity contribution in [2.45, 2.75) is 31.8 Å². The van der Waals surface area contributed by atoms with E-state index in [-0.39, 0.29) is 30.5 Å². The molecule has 1 aromatic rings. The fourth-order valence-electron chi connectivity index (χ4n) is 2.73. The van der Waals surface area contributed by atoms with Gasteiger partial charge in [0.25, 0.3) is 0 Å². The summed E-state index contributed by atoms with van der Waals surface area (Å²) in [7, 11) is 3.36. The Bertz CT molecular complexity index is 598. The Labute approximate surface area is 140 Å². The standard InChI is InChI=1S/C15H24N6O3/c1-19(2)13(22)8-20-10-16-14(18-20)17-15(23)21-5-6-24-9-12(21)7-11-3-4-11/h10-12H,3-9H2,1-2H3,(H,17,18,23). The molecule has 132 valence electrons. The Balaban J connectivity index is 1.57. The predicted molar refractivity (Wildman–Crippen MR) is 86.4 cm³/mol. The Morgan fingerprint density at radius 2 is 2.21 bits per heavy atom. The molecule has 3 amide bonds. The number of carbonyl (C=O) groups is 2. The van der Waals surface area contributed by atoms with Gasteiger partial charge in [0.1, 0.15) is 12.9 Å². The van der Waals surface area contributed by atoms with E-state index in [0.717, 1.165) is 12.3 Å². The Morgan fingerprint density at radius 1 is 1.42 bits per heavy atom. The normalized spacial score (nSPS) is 20.8. The highest BCUT2D eigenvalue weighted by Crippen LogP contribution is 2.35. The highest BCUT2D eigenvalue weighted by molar-refractivity contribution is 5.87. The fraction of sp³-hybridized carbons (Fsp3) is 0.733. The molecule has 1 saturated carbocycles. The van der Waals surface area contributed by atoms with Gasteiger partial charge in [0, 0.05) is 20.6 Å². The van der Waals surface area contributed by atoms with Gasteiger partial charge in [-0.05, 0) is 12.3 Å². The molecule has 1 aromatic heterocycles. The summed E-state index contributed by atoms with van der Waals surface area (Å²) >= 11 is 0. The highest BCUT2D eigenvalue weighted by Gasteiger charge is 2.33. The number of morpholine rings is 1. The first-order valence-corrected chi connectivity index (χ1v) is 8.28. The first-order chi connectivity index (χ1) is 11.5. The number of amides is 3. The molecular formula is C15H24N6O3. The van der Waals surface area contributed by atoms with Crippen molar-refractivity contribution >= 4 is 17.9 Å². The van der Waals surface area contributed by atoms with E-state index in [0.29, 0.717) is 19.8 Å². The van der Waals surface area contributed by atoms with Gasteiger partial charge in [-0.1, -0.05) is 12.8 Å². The number of nitrogens with one attached hydrogen (secondary N) is 1. The predicted octanol–water partition coefficient (Wildman–Crippen LogP) is 0.399. The van der Waals surface area contributed by atoms with Gasteiger partial charge in [-0.2, -0.15) is 0 Å². The fourth-order valence-corrected chi connectivity index (χ4v) is 2.73. The maximum Gasteiger partial charge on any atom is 0.324 e. The molecule has 2 fully saturated rings. The molecule has 0 radical (unpaired) electrons. The quantitative estimate of drug-likeness (QED) is 0.840. The lowest BCUT2D eigenvalue weighted by atomic mass is 10.1. The first kappa shape index (κ1) is 16.7. The van der Waals surface area contributed by atoms with E-state index in [1.807, 2.05) is 4.90 Å². The molecule has 0 aromatic carbocycles. The van der Waals surface area contributed by atoms with Crippen LogP contribution in [-0.2, 0) is 16.1 Å². The van der Waals surface area contributed by atoms with Crippen LogP contribution >= 0.6 is 0 Å². The molecule has 1 saturated heterocycles. The number of hydrogen-bond acceptors (Lipinski definition) is 5. The molecule has 2 aliphatic rings. The summed E-state index contributed by atoms with van der Waals surface area (Å²) in [6, 6.07) is -0.0932. The summed E-state index contributed by atoms with van der Waals surface area (Å²) in [4.78, 5) is 31.5. The zero-order chi connectivity index (χ0) is 17.1. The lowest BCUT2D eigenvalue weighted by Crippen LogP contribution is -2.50. The SMILES string of the molecule is CN(C)C(=O)Cn1cnc(NC(=O)N2CCOCC2CC2CC2)n1. The van der Waals surface area contributed by atoms with Crippen LogP contribution in [0, 0.1) is 5.92 Å². The number of ether oxygens (including phenoxy) is 1. The number of rotatable bonds is 5. The van der Waals surface area contributed by atoms with Crippen molar-refractivity contribution in [3.05, 3.63) is 6.33 Å². The summed E-state index contributed by atoms with van der Waals surface area (Å²) in [5.74, 6) is 0.847. The van der Waals surface area contributed by atoms with Crippen LogP contribution in [0.15, 0.2) is 6.33 Å². The number of urea groups is 1. The Morgan fingerprint density at radius 3 is 2.92 bits per heavy atom. The molecule has 3 rings (SSSR count). The number of carbonyl (C=O) groups excluding carboxylic acids is 2. The number of aromatic nitrogens is 3. The van der Waals surface area contributed by atoms with E-state index in [1.54, 1.807) is 14.1 Å². The molecule has 2 heterocycles. The van der Waals surface area contributed by atoms with Gasteiger partial charge in [-0.3, -0.25) is 10.1 Å². The second kappa shape index (κ2) is 7.16. The lowest BCUT2D eigenvalue weighted by Gasteiger charge is -2.35. The summed E-state index contributed by atoms with van der Waals surface area (Å²) in [5.41, 5.74) is 0. The largest absolute Gasteiger partial charge is 0.377 e. The van der Waals surface area contributed by atoms with Crippen LogP contribution in [0.3, 0.4) is 0 Å². The van der Waals surface area contributed by atoms with Crippen LogP contribution in [0.4, 0.5) is 10.7 Å². The first-order valence-electron chi connectivity index (χ1n) is 8.28. The highest BCUT2D eigenvalue weighted by atomic mass is 16.5. The van der Waals surface area contributed by atoms with Crippen LogP contribution in [0.25, 0.3) is 0 Å². The van der Waals surface area contributed by atoms with Crippen LogP contribution in [0.1, 0.15) is 19.3 Å². The second-order valence-electron chi connectivity index (χ2n) is 6.59. The van der Waals surface area contributed by atoms with Crippen molar-refractivity contribution in [2.75, 3.05) is 39.2 Å². The van der Waals surface area contributed by atoms with Gasteiger partial charge in [-0.15, -0.1) is 5.10 Å². The molecule has 1 aliphatic heterocycles. The molecule has 9 nitrogen and oxygen atoms in total. The van der Waals surface area contributed by atoms with E-state index in [2.05, 4.69) is 15.4 Å². The number of likely N-dealkylation sites (N-methyl/N-ethyl adjacent to an activating group) is 1. The third kappa shape index (κ3) is 4.22. The topological polar surface area (TPSA) is 92.6 Å². The van der Waals surface area contributed by atoms with E-state index >= 15 is 0 Å². The molecule has 9 heteroatoms. The van der Waals surface area contributed by atoms with Crippen LogP contribution in [-0.4, -0.2) is 76.4 Å². The molecule has 0 bridgehead atoms. The maximum atomic E-state index is 12.5. The number of hydrogen-bond donors (Lipinski definition) is 1. The molecule has 0 spiro atoms. The molecule has 24 heavy (non-hydrogen) atoms. The van der Waals surface area contributed by atoms with Crippen molar-refractivity contribution in [1.29, 1.82) is 0 Å². The third-order valence-electron chi connectivity index (χ3n) is 4.34. The molecular weight excluding hydrogens is 312 g/mol. The van der Waals surface area contributed by atoms with Gasteiger partial charge in [0.05, 0.1) is 19.3 Å². The zero-order valence-electron chi connectivity index (χ0n) is 14.1. The van der Waals surface area contributed by atoms with Crippen molar-refractivity contribution in [2.24, 2.45) is 5.92 Å². The molecule has 1 aliphatic carbocycles. The number of anilines is 1. The maximum absolute atomic E-state index is 12.5. The molecule has 1 atom stereocenters. The van der Waals surface area contributed by atoms with Gasteiger partial charge >= 0.3 is 6.03 Å². The monoisotopic (exact) mass is 336 g/mol. The minimum Gasteiger partial charge on any atom is -0.377 e. The molecule has 1 N–H and O–H groups in total. The Hall–Kier alpha value is -2.16. The van der Waals surface area contributed by atoms with Crippen molar-refractivity contribution in [3.63, 3.8) is 0 Å².